The molecule has 1 aromatic rings. The van der Waals surface area contributed by atoms with Gasteiger partial charge in [0.2, 0.25) is 0 Å². The van der Waals surface area contributed by atoms with Gasteiger partial charge in [0.1, 0.15) is 5.76 Å². The van der Waals surface area contributed by atoms with Gasteiger partial charge in [0, 0.05) is 11.5 Å². The van der Waals surface area contributed by atoms with Crippen LogP contribution in [0.2, 0.25) is 0 Å². The summed E-state index contributed by atoms with van der Waals surface area (Å²) in [7, 11) is 0. The summed E-state index contributed by atoms with van der Waals surface area (Å²) in [6.07, 6.45) is 1.81. The number of aliphatic hydroxyl groups is 2. The highest BCUT2D eigenvalue weighted by Gasteiger charge is 2.34. The summed E-state index contributed by atoms with van der Waals surface area (Å²) >= 11 is 0. The topological polar surface area (TPSA) is 40.5 Å². The third kappa shape index (κ3) is 5.11. The normalized spacial score (nSPS) is 13.5. The third-order valence-corrected chi connectivity index (χ3v) is 4.97. The predicted molar refractivity (Wildman–Crippen MR) is 118 cm³/mol. The van der Waals surface area contributed by atoms with Crippen LogP contribution >= 0.6 is 0 Å². The Morgan fingerprint density at radius 2 is 1.67 bits per heavy atom. The van der Waals surface area contributed by atoms with Crippen molar-refractivity contribution in [3.8, 4) is 0 Å². The molecule has 0 aliphatic rings. The predicted octanol–water partition coefficient (Wildman–Crippen LogP) is 6.79. The molecule has 0 saturated carbocycles. The van der Waals surface area contributed by atoms with E-state index in [-0.39, 0.29) is 11.7 Å². The summed E-state index contributed by atoms with van der Waals surface area (Å²) in [5.41, 5.74) is 6.33. The maximum Gasteiger partial charge on any atom is 0.112 e. The quantitative estimate of drug-likeness (QED) is 0.317. The van der Waals surface area contributed by atoms with Crippen LogP contribution in [-0.2, 0) is 0 Å². The van der Waals surface area contributed by atoms with Crippen LogP contribution in [0.3, 0.4) is 0 Å². The average molecular weight is 367 g/mol. The average Bonchev–Trinajstić information content (AvgIpc) is 2.51. The Balaban J connectivity index is 4.03. The second-order valence-electron chi connectivity index (χ2n) is 7.99. The van der Waals surface area contributed by atoms with Crippen molar-refractivity contribution >= 4 is 6.08 Å². The lowest BCUT2D eigenvalue weighted by Crippen LogP contribution is -2.29. The van der Waals surface area contributed by atoms with Gasteiger partial charge < -0.3 is 10.2 Å². The zero-order valence-electron chi connectivity index (χ0n) is 17.9. The van der Waals surface area contributed by atoms with E-state index in [0.717, 1.165) is 39.0 Å². The lowest BCUT2D eigenvalue weighted by molar-refractivity contribution is 0.113. The van der Waals surface area contributed by atoms with Crippen LogP contribution in [-0.4, -0.2) is 15.8 Å². The van der Waals surface area contributed by atoms with Crippen LogP contribution in [0.25, 0.3) is 6.08 Å². The first-order valence-corrected chi connectivity index (χ1v) is 9.21. The fourth-order valence-corrected chi connectivity index (χ4v) is 3.69. The Hall–Kier alpha value is -2.32. The maximum absolute atomic E-state index is 11.0. The van der Waals surface area contributed by atoms with Crippen LogP contribution in [0, 0.1) is 6.92 Å². The molecule has 0 spiro atoms. The van der Waals surface area contributed by atoms with Gasteiger partial charge in [-0.25, -0.2) is 0 Å². The smallest absolute Gasteiger partial charge is 0.112 e. The Kier molecular flexibility index (Phi) is 7.22. The number of allylic oxidation sites excluding steroid dienone is 4. The number of benzene rings is 1. The minimum atomic E-state index is -1.07. The molecule has 146 valence electrons. The SMILES string of the molecule is C=Cc1ccc(C(C(=C(C)C)C(C)(C)O)/C(C(=C)O)=C(\C)C(=C)C)c(C)c1. The molecule has 0 aliphatic heterocycles. The Labute approximate surface area is 165 Å². The molecule has 0 saturated heterocycles. The molecule has 0 amide bonds. The highest BCUT2D eigenvalue weighted by Crippen LogP contribution is 2.44. The summed E-state index contributed by atoms with van der Waals surface area (Å²) in [5.74, 6) is -0.334. The van der Waals surface area contributed by atoms with Gasteiger partial charge >= 0.3 is 0 Å². The van der Waals surface area contributed by atoms with Gasteiger partial charge in [0.15, 0.2) is 0 Å². The van der Waals surface area contributed by atoms with Gasteiger partial charge in [-0.3, -0.25) is 0 Å². The lowest BCUT2D eigenvalue weighted by atomic mass is 9.72. The first-order chi connectivity index (χ1) is 12.3. The second kappa shape index (κ2) is 8.58. The van der Waals surface area contributed by atoms with Crippen molar-refractivity contribution in [2.45, 2.75) is 60.0 Å². The minimum Gasteiger partial charge on any atom is -0.508 e. The zero-order chi connectivity index (χ0) is 21.1. The molecule has 1 unspecified atom stereocenters. The molecule has 0 aliphatic carbocycles. The molecule has 0 heterocycles. The highest BCUT2D eigenvalue weighted by atomic mass is 16.3. The molecule has 1 atom stereocenters. The first kappa shape index (κ1) is 22.7. The monoisotopic (exact) mass is 366 g/mol. The summed E-state index contributed by atoms with van der Waals surface area (Å²) in [6.45, 7) is 25.1. The van der Waals surface area contributed by atoms with Crippen LogP contribution in [0.1, 0.15) is 64.2 Å². The Morgan fingerprint density at radius 1 is 1.11 bits per heavy atom. The number of hydrogen-bond donors (Lipinski definition) is 2. The maximum atomic E-state index is 11.0. The molecule has 2 nitrogen and oxygen atoms in total. The molecule has 0 aromatic heterocycles. The zero-order valence-corrected chi connectivity index (χ0v) is 17.9. The fraction of sp³-hybridized carbons (Fsp3) is 0.360. The molecule has 0 fully saturated rings. The van der Waals surface area contributed by atoms with E-state index in [0.29, 0.717) is 5.57 Å². The highest BCUT2D eigenvalue weighted by molar-refractivity contribution is 5.57. The Morgan fingerprint density at radius 3 is 2.00 bits per heavy atom. The van der Waals surface area contributed by atoms with E-state index in [4.69, 9.17) is 0 Å². The molecular weight excluding hydrogens is 332 g/mol. The van der Waals surface area contributed by atoms with Crippen molar-refractivity contribution in [3.05, 3.63) is 88.3 Å². The second-order valence-corrected chi connectivity index (χ2v) is 7.99. The van der Waals surface area contributed by atoms with Crippen LogP contribution in [0.15, 0.2) is 71.6 Å². The van der Waals surface area contributed by atoms with Crippen molar-refractivity contribution in [3.63, 3.8) is 0 Å². The molecule has 0 radical (unpaired) electrons. The van der Waals surface area contributed by atoms with Gasteiger partial charge in [0.25, 0.3) is 0 Å². The van der Waals surface area contributed by atoms with Gasteiger partial charge in [0.05, 0.1) is 5.60 Å². The molecule has 1 aromatic carbocycles. The van der Waals surface area contributed by atoms with E-state index in [2.05, 4.69) is 25.8 Å². The van der Waals surface area contributed by atoms with E-state index >= 15 is 0 Å². The minimum absolute atomic E-state index is 0.00398. The molecule has 2 heteroatoms. The summed E-state index contributed by atoms with van der Waals surface area (Å²) < 4.78 is 0. The van der Waals surface area contributed by atoms with E-state index in [9.17, 15) is 10.2 Å². The summed E-state index contributed by atoms with van der Waals surface area (Å²) in [6, 6.07) is 6.11. The molecular formula is C25H34O2. The third-order valence-electron chi connectivity index (χ3n) is 4.97. The number of aliphatic hydroxyl groups excluding tert-OH is 1. The number of rotatable bonds is 7. The summed E-state index contributed by atoms with van der Waals surface area (Å²) in [5, 5.41) is 21.5. The Bertz CT molecular complexity index is 822. The lowest BCUT2D eigenvalue weighted by Gasteiger charge is -2.35. The van der Waals surface area contributed by atoms with Crippen molar-refractivity contribution in [1.82, 2.24) is 0 Å². The summed E-state index contributed by atoms with van der Waals surface area (Å²) in [4.78, 5) is 0. The number of hydrogen-bond acceptors (Lipinski definition) is 2. The van der Waals surface area contributed by atoms with Gasteiger partial charge in [-0.1, -0.05) is 55.2 Å². The van der Waals surface area contributed by atoms with Crippen molar-refractivity contribution in [1.29, 1.82) is 0 Å². The van der Waals surface area contributed by atoms with Gasteiger partial charge in [-0.15, -0.1) is 0 Å². The first-order valence-electron chi connectivity index (χ1n) is 9.21. The van der Waals surface area contributed by atoms with Crippen LogP contribution in [0.5, 0.6) is 0 Å². The fourth-order valence-electron chi connectivity index (χ4n) is 3.69. The molecule has 2 N–H and O–H groups in total. The van der Waals surface area contributed by atoms with E-state index < -0.39 is 5.60 Å². The molecule has 0 bridgehead atoms. The van der Waals surface area contributed by atoms with Crippen LogP contribution in [0.4, 0.5) is 0 Å². The van der Waals surface area contributed by atoms with Gasteiger partial charge in [-0.2, -0.15) is 0 Å². The standard InChI is InChI=1S/C25H34O2/c1-11-20-12-13-21(17(6)14-20)23(24(16(4)5)25(9,10)27)22(19(8)26)18(7)15(2)3/h11-14,23,26-27H,1-2,8H2,3-7,9-10H3/b22-18+. The molecule has 1 rings (SSSR count). The number of aryl methyl sites for hydroxylation is 1. The van der Waals surface area contributed by atoms with Gasteiger partial charge in [-0.05, 0) is 76.3 Å². The van der Waals surface area contributed by atoms with Crippen LogP contribution < -0.4 is 0 Å². The van der Waals surface area contributed by atoms with Crippen molar-refractivity contribution < 1.29 is 10.2 Å². The largest absolute Gasteiger partial charge is 0.508 e. The van der Waals surface area contributed by atoms with Crippen molar-refractivity contribution in [2.75, 3.05) is 0 Å². The van der Waals surface area contributed by atoms with E-state index in [1.54, 1.807) is 13.8 Å². The van der Waals surface area contributed by atoms with Crippen molar-refractivity contribution in [2.24, 2.45) is 0 Å². The molecule has 27 heavy (non-hydrogen) atoms. The van der Waals surface area contributed by atoms with E-state index in [1.165, 1.54) is 0 Å². The van der Waals surface area contributed by atoms with E-state index in [1.807, 2.05) is 52.8 Å².